The van der Waals surface area contributed by atoms with Crippen LogP contribution in [0.2, 0.25) is 0 Å². The van der Waals surface area contributed by atoms with Gasteiger partial charge in [0.2, 0.25) is 11.8 Å². The molecule has 9 heteroatoms. The first kappa shape index (κ1) is 18.0. The van der Waals surface area contributed by atoms with Crippen LogP contribution in [-0.2, 0) is 14.4 Å². The average Bonchev–Trinajstić information content (AvgIpc) is 3.52. The van der Waals surface area contributed by atoms with E-state index in [-0.39, 0.29) is 29.7 Å². The van der Waals surface area contributed by atoms with Crippen molar-refractivity contribution in [1.29, 1.82) is 0 Å². The highest BCUT2D eigenvalue weighted by Crippen LogP contribution is 2.55. The number of carbonyl (C=O) groups excluding carboxylic acids is 3. The number of anilines is 1. The predicted molar refractivity (Wildman–Crippen MR) is 92.3 cm³/mol. The van der Waals surface area contributed by atoms with Crippen LogP contribution in [0.5, 0.6) is 0 Å². The predicted octanol–water partition coefficient (Wildman–Crippen LogP) is 1.31. The number of nitrogens with zero attached hydrogens (tertiary/aromatic N) is 2. The van der Waals surface area contributed by atoms with Gasteiger partial charge in [-0.3, -0.25) is 24.9 Å². The van der Waals surface area contributed by atoms with Gasteiger partial charge in [0.05, 0.1) is 6.20 Å². The molecule has 27 heavy (non-hydrogen) atoms. The molecule has 2 aliphatic carbocycles. The topological polar surface area (TPSA) is 125 Å². The van der Waals surface area contributed by atoms with E-state index in [4.69, 9.17) is 9.62 Å². The van der Waals surface area contributed by atoms with Crippen LogP contribution < -0.4 is 10.8 Å². The average molecular weight is 376 g/mol. The highest BCUT2D eigenvalue weighted by atomic mass is 16.5. The van der Waals surface area contributed by atoms with Gasteiger partial charge < -0.3 is 9.32 Å². The van der Waals surface area contributed by atoms with Crippen molar-refractivity contribution in [3.63, 3.8) is 0 Å². The fourth-order valence-electron chi connectivity index (χ4n) is 4.07. The molecule has 3 N–H and O–H groups in total. The fraction of sp³-hybridized carbons (Fsp3) is 0.667. The number of rotatable bonds is 7. The van der Waals surface area contributed by atoms with Crippen molar-refractivity contribution < 1.29 is 24.0 Å². The minimum absolute atomic E-state index is 0.0254. The Kier molecular flexibility index (Phi) is 4.63. The van der Waals surface area contributed by atoms with Gasteiger partial charge in [0, 0.05) is 18.9 Å². The minimum Gasteiger partial charge on any atom is -0.432 e. The summed E-state index contributed by atoms with van der Waals surface area (Å²) in [6, 6.07) is -0.482. The van der Waals surface area contributed by atoms with E-state index in [9.17, 15) is 14.4 Å². The molecule has 3 aliphatic rings. The Balaban J connectivity index is 1.49. The molecule has 2 saturated carbocycles. The van der Waals surface area contributed by atoms with Crippen LogP contribution in [-0.4, -0.2) is 45.4 Å². The maximum Gasteiger partial charge on any atom is 0.301 e. The molecule has 1 aromatic heterocycles. The third-order valence-corrected chi connectivity index (χ3v) is 5.93. The monoisotopic (exact) mass is 376 g/mol. The SMILES string of the molecule is O=C(C[C@@H](CC1CC1)C(=O)N1CC2(CC2)C[C@H]1C(=O)Nc1ncco1)NO. The molecule has 2 heterocycles. The van der Waals surface area contributed by atoms with E-state index in [1.807, 2.05) is 0 Å². The van der Waals surface area contributed by atoms with Gasteiger partial charge in [-0.15, -0.1) is 0 Å². The van der Waals surface area contributed by atoms with Crippen LogP contribution in [0, 0.1) is 17.3 Å². The second kappa shape index (κ2) is 6.95. The molecule has 146 valence electrons. The van der Waals surface area contributed by atoms with Crippen molar-refractivity contribution >= 4 is 23.7 Å². The Labute approximate surface area is 156 Å². The summed E-state index contributed by atoms with van der Waals surface area (Å²) in [6.07, 6.45) is 8.10. The third-order valence-electron chi connectivity index (χ3n) is 5.93. The number of aromatic nitrogens is 1. The van der Waals surface area contributed by atoms with E-state index >= 15 is 0 Å². The largest absolute Gasteiger partial charge is 0.432 e. The summed E-state index contributed by atoms with van der Waals surface area (Å²) < 4.78 is 5.08. The quantitative estimate of drug-likeness (QED) is 0.487. The standard InChI is InChI=1S/C18H24N4O5/c23-14(21-26)8-12(7-11-1-2-11)16(25)22-10-18(3-4-18)9-13(22)15(24)20-17-19-5-6-27-17/h5-6,11-13,26H,1-4,7-10H2,(H,21,23)(H,19,20,24)/t12-,13+/m1/s1. The van der Waals surface area contributed by atoms with Crippen molar-refractivity contribution in [2.75, 3.05) is 11.9 Å². The van der Waals surface area contributed by atoms with Crippen molar-refractivity contribution in [2.45, 2.75) is 51.0 Å². The molecule has 0 radical (unpaired) electrons. The molecule has 3 amide bonds. The van der Waals surface area contributed by atoms with Crippen molar-refractivity contribution in [3.8, 4) is 0 Å². The van der Waals surface area contributed by atoms with Gasteiger partial charge in [0.25, 0.3) is 5.91 Å². The molecule has 1 aromatic rings. The number of nitrogens with one attached hydrogen (secondary N) is 2. The molecule has 1 spiro atoms. The van der Waals surface area contributed by atoms with Gasteiger partial charge in [-0.1, -0.05) is 12.8 Å². The molecule has 9 nitrogen and oxygen atoms in total. The minimum atomic E-state index is -0.592. The van der Waals surface area contributed by atoms with Crippen LogP contribution in [0.15, 0.2) is 16.9 Å². The van der Waals surface area contributed by atoms with Gasteiger partial charge in [0.1, 0.15) is 12.3 Å². The van der Waals surface area contributed by atoms with E-state index in [0.717, 1.165) is 25.7 Å². The van der Waals surface area contributed by atoms with Crippen molar-refractivity contribution in [3.05, 3.63) is 12.5 Å². The second-order valence-corrected chi connectivity index (χ2v) is 8.13. The van der Waals surface area contributed by atoms with Crippen LogP contribution in [0.25, 0.3) is 0 Å². The molecular weight excluding hydrogens is 352 g/mol. The number of amides is 3. The normalized spacial score (nSPS) is 23.9. The number of hydroxylamine groups is 1. The maximum atomic E-state index is 13.2. The zero-order valence-electron chi connectivity index (χ0n) is 15.0. The molecule has 3 fully saturated rings. The van der Waals surface area contributed by atoms with Crippen LogP contribution in [0.3, 0.4) is 0 Å². The molecule has 0 aromatic carbocycles. The Bertz CT molecular complexity index is 726. The Morgan fingerprint density at radius 2 is 2.15 bits per heavy atom. The highest BCUT2D eigenvalue weighted by Gasteiger charge is 2.56. The number of carbonyl (C=O) groups is 3. The number of hydrogen-bond donors (Lipinski definition) is 3. The first-order chi connectivity index (χ1) is 13.0. The van der Waals surface area contributed by atoms with Crippen molar-refractivity contribution in [2.24, 2.45) is 17.3 Å². The smallest absolute Gasteiger partial charge is 0.301 e. The zero-order chi connectivity index (χ0) is 19.0. The summed E-state index contributed by atoms with van der Waals surface area (Å²) in [5.41, 5.74) is 1.64. The highest BCUT2D eigenvalue weighted by molar-refractivity contribution is 5.97. The zero-order valence-corrected chi connectivity index (χ0v) is 15.0. The summed E-state index contributed by atoms with van der Waals surface area (Å²) in [4.78, 5) is 43.2. The summed E-state index contributed by atoms with van der Waals surface area (Å²) in [5, 5.41) is 11.5. The lowest BCUT2D eigenvalue weighted by Crippen LogP contribution is -2.46. The molecule has 4 rings (SSSR count). The molecule has 0 bridgehead atoms. The Morgan fingerprint density at radius 1 is 1.37 bits per heavy atom. The lowest BCUT2D eigenvalue weighted by Gasteiger charge is -2.27. The second-order valence-electron chi connectivity index (χ2n) is 8.13. The van der Waals surface area contributed by atoms with Gasteiger partial charge in [-0.05, 0) is 37.0 Å². The van der Waals surface area contributed by atoms with Crippen LogP contribution in [0.1, 0.15) is 44.9 Å². The first-order valence-electron chi connectivity index (χ1n) is 9.43. The fourth-order valence-corrected chi connectivity index (χ4v) is 4.07. The molecular formula is C18H24N4O5. The summed E-state index contributed by atoms with van der Waals surface area (Å²) in [7, 11) is 0. The van der Waals surface area contributed by atoms with Gasteiger partial charge >= 0.3 is 6.01 Å². The Hall–Kier alpha value is -2.42. The number of hydrogen-bond acceptors (Lipinski definition) is 6. The third kappa shape index (κ3) is 3.97. The Morgan fingerprint density at radius 3 is 2.74 bits per heavy atom. The number of oxazole rings is 1. The molecule has 2 atom stereocenters. The van der Waals surface area contributed by atoms with E-state index in [1.165, 1.54) is 12.5 Å². The van der Waals surface area contributed by atoms with Gasteiger partial charge in [-0.2, -0.15) is 0 Å². The van der Waals surface area contributed by atoms with E-state index in [1.54, 1.807) is 10.4 Å². The van der Waals surface area contributed by atoms with E-state index < -0.39 is 17.9 Å². The first-order valence-corrected chi connectivity index (χ1v) is 9.43. The molecule has 0 unspecified atom stereocenters. The summed E-state index contributed by atoms with van der Waals surface area (Å²) in [5.74, 6) is -1.14. The van der Waals surface area contributed by atoms with E-state index in [0.29, 0.717) is 25.3 Å². The van der Waals surface area contributed by atoms with Gasteiger partial charge in [0.15, 0.2) is 0 Å². The lowest BCUT2D eigenvalue weighted by atomic mass is 9.96. The molecule has 1 aliphatic heterocycles. The van der Waals surface area contributed by atoms with E-state index in [2.05, 4.69) is 10.3 Å². The van der Waals surface area contributed by atoms with Crippen LogP contribution in [0.4, 0.5) is 6.01 Å². The maximum absolute atomic E-state index is 13.2. The summed E-state index contributed by atoms with van der Waals surface area (Å²) in [6.45, 7) is 0.539. The van der Waals surface area contributed by atoms with Gasteiger partial charge in [-0.25, -0.2) is 10.5 Å². The summed E-state index contributed by atoms with van der Waals surface area (Å²) >= 11 is 0. The van der Waals surface area contributed by atoms with Crippen LogP contribution >= 0.6 is 0 Å². The lowest BCUT2D eigenvalue weighted by molar-refractivity contribution is -0.143. The van der Waals surface area contributed by atoms with Crippen molar-refractivity contribution in [1.82, 2.24) is 15.4 Å². The number of likely N-dealkylation sites (tertiary alicyclic amines) is 1. The molecule has 1 saturated heterocycles.